The van der Waals surface area contributed by atoms with E-state index < -0.39 is 43.4 Å². The van der Waals surface area contributed by atoms with E-state index in [1.807, 2.05) is 0 Å². The van der Waals surface area contributed by atoms with Gasteiger partial charge in [-0.05, 0) is 64.2 Å². The fourth-order valence-electron chi connectivity index (χ4n) is 5.72. The van der Waals surface area contributed by atoms with E-state index >= 15 is 0 Å². The SMILES string of the molecule is CCC/C=C\C/C=C\CCCCCCCCOCC(COC1OC(CO)C(O)C(O)C1O)OC(=O)CCCCCCC/C=C\C/C=C\CCCC. The van der Waals surface area contributed by atoms with Gasteiger partial charge in [-0.25, -0.2) is 0 Å². The van der Waals surface area contributed by atoms with Crippen LogP contribution in [-0.4, -0.2) is 89.6 Å². The summed E-state index contributed by atoms with van der Waals surface area (Å²) in [7, 11) is 0. The van der Waals surface area contributed by atoms with E-state index in [0.29, 0.717) is 13.0 Å². The standard InChI is InChI=1S/C42H74O9/c1-3-5-7-9-11-13-15-17-19-21-23-25-27-29-31-38(44)50-36(35-49-42-41(47)40(46)39(45)37(33-43)51-42)34-48-32-30-28-26-24-22-20-18-16-14-12-10-8-6-4-2/h8-11,14-17,36-37,39-43,45-47H,3-7,12-13,18-35H2,1-2H3/b10-8-,11-9-,16-14-,17-15-. The van der Waals surface area contributed by atoms with Gasteiger partial charge in [0.05, 0.1) is 19.8 Å². The van der Waals surface area contributed by atoms with Gasteiger partial charge in [0.15, 0.2) is 6.29 Å². The monoisotopic (exact) mass is 723 g/mol. The van der Waals surface area contributed by atoms with Gasteiger partial charge < -0.3 is 39.4 Å². The smallest absolute Gasteiger partial charge is 0.306 e. The summed E-state index contributed by atoms with van der Waals surface area (Å²) in [5, 5.41) is 40.0. The second-order valence-corrected chi connectivity index (χ2v) is 13.7. The van der Waals surface area contributed by atoms with E-state index in [1.165, 1.54) is 44.9 Å². The molecule has 0 aromatic heterocycles. The summed E-state index contributed by atoms with van der Waals surface area (Å²) in [5.41, 5.74) is 0. The highest BCUT2D eigenvalue weighted by molar-refractivity contribution is 5.69. The first-order valence-corrected chi connectivity index (χ1v) is 20.2. The van der Waals surface area contributed by atoms with E-state index in [-0.39, 0.29) is 19.2 Å². The van der Waals surface area contributed by atoms with E-state index in [0.717, 1.165) is 83.5 Å². The summed E-state index contributed by atoms with van der Waals surface area (Å²) in [5.74, 6) is -0.335. The minimum absolute atomic E-state index is 0.125. The number of hydrogen-bond donors (Lipinski definition) is 4. The maximum absolute atomic E-state index is 12.7. The van der Waals surface area contributed by atoms with Crippen molar-refractivity contribution in [2.45, 2.75) is 185 Å². The van der Waals surface area contributed by atoms with Crippen molar-refractivity contribution in [3.05, 3.63) is 48.6 Å². The maximum Gasteiger partial charge on any atom is 0.306 e. The highest BCUT2D eigenvalue weighted by Crippen LogP contribution is 2.22. The number of unbranched alkanes of at least 4 members (excludes halogenated alkanes) is 14. The number of hydrogen-bond acceptors (Lipinski definition) is 9. The molecule has 1 heterocycles. The Kier molecular flexibility index (Phi) is 31.4. The second kappa shape index (κ2) is 34.0. The Morgan fingerprint density at radius 1 is 0.627 bits per heavy atom. The third-order valence-electron chi connectivity index (χ3n) is 8.95. The van der Waals surface area contributed by atoms with Gasteiger partial charge in [-0.1, -0.05) is 127 Å². The summed E-state index contributed by atoms with van der Waals surface area (Å²) in [6.45, 7) is 4.39. The van der Waals surface area contributed by atoms with Crippen molar-refractivity contribution < 1.29 is 44.2 Å². The van der Waals surface area contributed by atoms with Crippen LogP contribution in [0.2, 0.25) is 0 Å². The first-order chi connectivity index (χ1) is 24.9. The number of carbonyl (C=O) groups excluding carboxylic acids is 1. The van der Waals surface area contributed by atoms with Crippen molar-refractivity contribution in [3.8, 4) is 0 Å². The average Bonchev–Trinajstić information content (AvgIpc) is 3.13. The zero-order valence-electron chi connectivity index (χ0n) is 32.1. The number of carbonyl (C=O) groups is 1. The number of aliphatic hydroxyl groups excluding tert-OH is 4. The molecule has 1 fully saturated rings. The molecule has 1 saturated heterocycles. The first-order valence-electron chi connectivity index (χ1n) is 20.2. The Bertz CT molecular complexity index is 916. The topological polar surface area (TPSA) is 135 Å². The van der Waals surface area contributed by atoms with Crippen LogP contribution in [0, 0.1) is 0 Å². The summed E-state index contributed by atoms with van der Waals surface area (Å²) in [6, 6.07) is 0. The molecular weight excluding hydrogens is 648 g/mol. The van der Waals surface area contributed by atoms with Gasteiger partial charge in [-0.2, -0.15) is 0 Å². The highest BCUT2D eigenvalue weighted by Gasteiger charge is 2.44. The van der Waals surface area contributed by atoms with Crippen LogP contribution in [0.1, 0.15) is 149 Å². The third-order valence-corrected chi connectivity index (χ3v) is 8.95. The van der Waals surface area contributed by atoms with Crippen LogP contribution in [0.4, 0.5) is 0 Å². The number of esters is 1. The summed E-state index contributed by atoms with van der Waals surface area (Å²) in [4.78, 5) is 12.7. The average molecular weight is 723 g/mol. The molecule has 296 valence electrons. The van der Waals surface area contributed by atoms with Crippen LogP contribution in [0.15, 0.2) is 48.6 Å². The Morgan fingerprint density at radius 2 is 1.18 bits per heavy atom. The number of rotatable bonds is 33. The molecule has 9 heteroatoms. The molecule has 1 rings (SSSR count). The Hall–Kier alpha value is -1.85. The molecule has 0 aromatic carbocycles. The zero-order chi connectivity index (χ0) is 37.2. The zero-order valence-corrected chi connectivity index (χ0v) is 32.1. The lowest BCUT2D eigenvalue weighted by Gasteiger charge is -2.39. The molecule has 0 aliphatic carbocycles. The molecule has 0 aromatic rings. The van der Waals surface area contributed by atoms with Crippen molar-refractivity contribution >= 4 is 5.97 Å². The summed E-state index contributed by atoms with van der Waals surface area (Å²) in [6.07, 6.45) is 32.7. The van der Waals surface area contributed by atoms with Gasteiger partial charge in [0.2, 0.25) is 0 Å². The molecule has 0 amide bonds. The minimum Gasteiger partial charge on any atom is -0.457 e. The maximum atomic E-state index is 12.7. The molecule has 9 nitrogen and oxygen atoms in total. The van der Waals surface area contributed by atoms with Crippen molar-refractivity contribution in [3.63, 3.8) is 0 Å². The van der Waals surface area contributed by atoms with Crippen LogP contribution >= 0.6 is 0 Å². The lowest BCUT2D eigenvalue weighted by atomic mass is 9.99. The minimum atomic E-state index is -1.54. The number of aliphatic hydroxyl groups is 4. The second-order valence-electron chi connectivity index (χ2n) is 13.7. The lowest BCUT2D eigenvalue weighted by molar-refractivity contribution is -0.305. The normalized spacial score (nSPS) is 21.9. The molecule has 1 aliphatic heterocycles. The van der Waals surface area contributed by atoms with Crippen LogP contribution in [0.25, 0.3) is 0 Å². The van der Waals surface area contributed by atoms with E-state index in [1.54, 1.807) is 0 Å². The molecule has 6 unspecified atom stereocenters. The van der Waals surface area contributed by atoms with Crippen LogP contribution < -0.4 is 0 Å². The summed E-state index contributed by atoms with van der Waals surface area (Å²) >= 11 is 0. The lowest BCUT2D eigenvalue weighted by Crippen LogP contribution is -2.59. The van der Waals surface area contributed by atoms with Crippen LogP contribution in [0.5, 0.6) is 0 Å². The van der Waals surface area contributed by atoms with Crippen LogP contribution in [0.3, 0.4) is 0 Å². The predicted octanol–water partition coefficient (Wildman–Crippen LogP) is 8.19. The molecule has 0 radical (unpaired) electrons. The van der Waals surface area contributed by atoms with Crippen molar-refractivity contribution in [1.29, 1.82) is 0 Å². The molecule has 0 saturated carbocycles. The van der Waals surface area contributed by atoms with Crippen LogP contribution in [-0.2, 0) is 23.7 Å². The fourth-order valence-corrected chi connectivity index (χ4v) is 5.72. The molecular formula is C42H74O9. The quantitative estimate of drug-likeness (QED) is 0.0301. The molecule has 1 aliphatic rings. The molecule has 0 spiro atoms. The third kappa shape index (κ3) is 25.7. The number of ether oxygens (including phenoxy) is 4. The fraction of sp³-hybridized carbons (Fsp3) is 0.786. The molecule has 51 heavy (non-hydrogen) atoms. The Balaban J connectivity index is 2.34. The molecule has 4 N–H and O–H groups in total. The van der Waals surface area contributed by atoms with E-state index in [4.69, 9.17) is 18.9 Å². The van der Waals surface area contributed by atoms with E-state index in [9.17, 15) is 25.2 Å². The molecule has 6 atom stereocenters. The van der Waals surface area contributed by atoms with Gasteiger partial charge in [0.1, 0.15) is 30.5 Å². The van der Waals surface area contributed by atoms with Gasteiger partial charge in [-0.3, -0.25) is 4.79 Å². The van der Waals surface area contributed by atoms with Gasteiger partial charge in [-0.15, -0.1) is 0 Å². The highest BCUT2D eigenvalue weighted by atomic mass is 16.7. The summed E-state index contributed by atoms with van der Waals surface area (Å²) < 4.78 is 22.7. The Labute approximate surface area is 310 Å². The van der Waals surface area contributed by atoms with E-state index in [2.05, 4.69) is 62.5 Å². The van der Waals surface area contributed by atoms with Gasteiger partial charge >= 0.3 is 5.97 Å². The molecule has 0 bridgehead atoms. The van der Waals surface area contributed by atoms with Crippen molar-refractivity contribution in [1.82, 2.24) is 0 Å². The van der Waals surface area contributed by atoms with Crippen molar-refractivity contribution in [2.24, 2.45) is 0 Å². The van der Waals surface area contributed by atoms with Gasteiger partial charge in [0, 0.05) is 13.0 Å². The number of allylic oxidation sites excluding steroid dienone is 8. The Morgan fingerprint density at radius 3 is 1.76 bits per heavy atom. The predicted molar refractivity (Wildman–Crippen MR) is 205 cm³/mol. The largest absolute Gasteiger partial charge is 0.457 e. The first kappa shape index (κ1) is 47.2. The van der Waals surface area contributed by atoms with Gasteiger partial charge in [0.25, 0.3) is 0 Å². The van der Waals surface area contributed by atoms with Crippen molar-refractivity contribution in [2.75, 3.05) is 26.4 Å².